The van der Waals surface area contributed by atoms with Crippen LogP contribution in [0.1, 0.15) is 24.0 Å². The summed E-state index contributed by atoms with van der Waals surface area (Å²) < 4.78 is 22.2. The summed E-state index contributed by atoms with van der Waals surface area (Å²) in [7, 11) is -3.00. The Hall–Kier alpha value is -1.47. The zero-order chi connectivity index (χ0) is 13.3. The van der Waals surface area contributed by atoms with Crippen LogP contribution in [0.3, 0.4) is 0 Å². The fourth-order valence-corrected chi connectivity index (χ4v) is 2.34. The Morgan fingerprint density at radius 1 is 1.39 bits per heavy atom. The van der Waals surface area contributed by atoms with Crippen LogP contribution >= 0.6 is 0 Å². The van der Waals surface area contributed by atoms with E-state index in [1.54, 1.807) is 0 Å². The fourth-order valence-electron chi connectivity index (χ4n) is 1.66. The Balaban J connectivity index is 2.20. The van der Waals surface area contributed by atoms with Crippen LogP contribution in [0.5, 0.6) is 0 Å². The molecular formula is C11H16N4O2S. The van der Waals surface area contributed by atoms with E-state index < -0.39 is 15.9 Å². The highest BCUT2D eigenvalue weighted by atomic mass is 32.2. The Bertz CT molecular complexity index is 663. The number of pyridine rings is 1. The molecule has 2 rings (SSSR count). The van der Waals surface area contributed by atoms with Crippen molar-refractivity contribution in [3.63, 3.8) is 0 Å². The van der Waals surface area contributed by atoms with Crippen molar-refractivity contribution in [3.05, 3.63) is 23.7 Å². The van der Waals surface area contributed by atoms with Crippen LogP contribution in [-0.2, 0) is 9.84 Å². The minimum absolute atomic E-state index is 0.0532. The Labute approximate surface area is 106 Å². The van der Waals surface area contributed by atoms with Gasteiger partial charge in [-0.05, 0) is 25.5 Å². The summed E-state index contributed by atoms with van der Waals surface area (Å²) in [5.41, 5.74) is 8.22. The molecule has 2 aromatic heterocycles. The number of imidazole rings is 1. The zero-order valence-corrected chi connectivity index (χ0v) is 11.2. The molecule has 0 bridgehead atoms. The summed E-state index contributed by atoms with van der Waals surface area (Å²) in [5, 5.41) is 0. The minimum Gasteiger partial charge on any atom is -0.339 e. The summed E-state index contributed by atoms with van der Waals surface area (Å²) in [5.74, 6) is 0.629. The molecule has 18 heavy (non-hydrogen) atoms. The number of nitrogens with one attached hydrogen (secondary N) is 1. The van der Waals surface area contributed by atoms with Gasteiger partial charge in [-0.1, -0.05) is 0 Å². The summed E-state index contributed by atoms with van der Waals surface area (Å²) in [6.07, 6.45) is 1.54. The number of nitrogens with two attached hydrogens (primary N) is 1. The standard InChI is InChI=1S/C11H16N4O2S/c1-7-3-4-9-11(13-7)15-10(14-9)8(12)5-6-18(2,16)17/h3-4,8H,5-6,12H2,1-2H3,(H,13,14,15). The molecule has 0 spiro atoms. The monoisotopic (exact) mass is 268 g/mol. The maximum absolute atomic E-state index is 11.1. The van der Waals surface area contributed by atoms with Gasteiger partial charge in [-0.15, -0.1) is 0 Å². The van der Waals surface area contributed by atoms with Crippen LogP contribution in [0.4, 0.5) is 0 Å². The lowest BCUT2D eigenvalue weighted by Gasteiger charge is -2.06. The second kappa shape index (κ2) is 4.66. The zero-order valence-electron chi connectivity index (χ0n) is 10.3. The minimum atomic E-state index is -3.00. The predicted octanol–water partition coefficient (Wildman–Crippen LogP) is 0.701. The molecule has 7 heteroatoms. The van der Waals surface area contributed by atoms with Crippen molar-refractivity contribution >= 4 is 21.0 Å². The third-order valence-corrected chi connectivity index (χ3v) is 3.63. The highest BCUT2D eigenvalue weighted by Crippen LogP contribution is 2.16. The van der Waals surface area contributed by atoms with Gasteiger partial charge in [-0.3, -0.25) is 0 Å². The largest absolute Gasteiger partial charge is 0.339 e. The highest BCUT2D eigenvalue weighted by molar-refractivity contribution is 7.90. The van der Waals surface area contributed by atoms with Crippen molar-refractivity contribution in [2.45, 2.75) is 19.4 Å². The molecule has 0 amide bonds. The van der Waals surface area contributed by atoms with E-state index in [9.17, 15) is 8.42 Å². The molecule has 0 radical (unpaired) electrons. The number of aryl methyl sites for hydroxylation is 1. The molecule has 0 aromatic carbocycles. The molecular weight excluding hydrogens is 252 g/mol. The van der Waals surface area contributed by atoms with Crippen molar-refractivity contribution < 1.29 is 8.42 Å². The number of aromatic nitrogens is 3. The molecule has 2 heterocycles. The molecule has 3 N–H and O–H groups in total. The Morgan fingerprint density at radius 2 is 2.11 bits per heavy atom. The first kappa shape index (κ1) is 13.0. The molecule has 2 aromatic rings. The van der Waals surface area contributed by atoms with Gasteiger partial charge in [0, 0.05) is 11.9 Å². The van der Waals surface area contributed by atoms with E-state index in [1.807, 2.05) is 19.1 Å². The van der Waals surface area contributed by atoms with Crippen molar-refractivity contribution in [2.75, 3.05) is 12.0 Å². The van der Waals surface area contributed by atoms with Crippen LogP contribution in [-0.4, -0.2) is 35.4 Å². The molecule has 0 saturated carbocycles. The number of aromatic amines is 1. The third kappa shape index (κ3) is 3.05. The first-order chi connectivity index (χ1) is 8.35. The van der Waals surface area contributed by atoms with Crippen LogP contribution in [0.2, 0.25) is 0 Å². The predicted molar refractivity (Wildman–Crippen MR) is 69.9 cm³/mol. The van der Waals surface area contributed by atoms with E-state index in [0.717, 1.165) is 11.2 Å². The number of sulfone groups is 1. The van der Waals surface area contributed by atoms with Crippen LogP contribution in [0.15, 0.2) is 12.1 Å². The van der Waals surface area contributed by atoms with Crippen LogP contribution < -0.4 is 5.73 Å². The van der Waals surface area contributed by atoms with Gasteiger partial charge in [-0.25, -0.2) is 18.4 Å². The number of nitrogens with zero attached hydrogens (tertiary/aromatic N) is 2. The molecule has 6 nitrogen and oxygen atoms in total. The third-order valence-electron chi connectivity index (χ3n) is 2.65. The average Bonchev–Trinajstić information content (AvgIpc) is 2.67. The molecule has 0 aliphatic rings. The van der Waals surface area contributed by atoms with E-state index in [0.29, 0.717) is 17.9 Å². The molecule has 0 fully saturated rings. The van der Waals surface area contributed by atoms with Gasteiger partial charge in [0.25, 0.3) is 0 Å². The average molecular weight is 268 g/mol. The van der Waals surface area contributed by atoms with Crippen molar-refractivity contribution in [2.24, 2.45) is 5.73 Å². The maximum Gasteiger partial charge on any atom is 0.177 e. The lowest BCUT2D eigenvalue weighted by molar-refractivity contribution is 0.588. The smallest absolute Gasteiger partial charge is 0.177 e. The highest BCUT2D eigenvalue weighted by Gasteiger charge is 2.14. The first-order valence-electron chi connectivity index (χ1n) is 5.62. The fraction of sp³-hybridized carbons (Fsp3) is 0.455. The number of fused-ring (bicyclic) bond motifs is 1. The Kier molecular flexibility index (Phi) is 3.36. The van der Waals surface area contributed by atoms with Crippen LogP contribution in [0.25, 0.3) is 11.2 Å². The second-order valence-corrected chi connectivity index (χ2v) is 6.73. The van der Waals surface area contributed by atoms with Gasteiger partial charge in [0.2, 0.25) is 0 Å². The van der Waals surface area contributed by atoms with E-state index in [-0.39, 0.29) is 5.75 Å². The quantitative estimate of drug-likeness (QED) is 0.850. The van der Waals surface area contributed by atoms with E-state index in [4.69, 9.17) is 5.73 Å². The molecule has 0 aliphatic carbocycles. The van der Waals surface area contributed by atoms with E-state index >= 15 is 0 Å². The number of hydrogen-bond acceptors (Lipinski definition) is 5. The van der Waals surface area contributed by atoms with Gasteiger partial charge in [-0.2, -0.15) is 0 Å². The van der Waals surface area contributed by atoms with E-state index in [1.165, 1.54) is 6.26 Å². The summed E-state index contributed by atoms with van der Waals surface area (Å²) in [6.45, 7) is 1.89. The van der Waals surface area contributed by atoms with Crippen molar-refractivity contribution in [3.8, 4) is 0 Å². The molecule has 0 saturated heterocycles. The maximum atomic E-state index is 11.1. The topological polar surface area (TPSA) is 102 Å². The van der Waals surface area contributed by atoms with E-state index in [2.05, 4.69) is 15.0 Å². The summed E-state index contributed by atoms with van der Waals surface area (Å²) in [4.78, 5) is 11.6. The number of H-pyrrole nitrogens is 1. The summed E-state index contributed by atoms with van der Waals surface area (Å²) >= 11 is 0. The second-order valence-electron chi connectivity index (χ2n) is 4.47. The van der Waals surface area contributed by atoms with Gasteiger partial charge in [0.1, 0.15) is 15.7 Å². The lowest BCUT2D eigenvalue weighted by atomic mass is 10.2. The van der Waals surface area contributed by atoms with Crippen molar-refractivity contribution in [1.82, 2.24) is 15.0 Å². The summed E-state index contributed by atoms with van der Waals surface area (Å²) in [6, 6.07) is 3.35. The number of hydrogen-bond donors (Lipinski definition) is 2. The van der Waals surface area contributed by atoms with Crippen LogP contribution in [0, 0.1) is 6.92 Å². The SMILES string of the molecule is Cc1ccc2[nH]c(C(N)CCS(C)(=O)=O)nc2n1. The van der Waals surface area contributed by atoms with Gasteiger partial charge in [0.15, 0.2) is 5.65 Å². The molecule has 0 aliphatic heterocycles. The lowest BCUT2D eigenvalue weighted by Crippen LogP contribution is -2.16. The van der Waals surface area contributed by atoms with Gasteiger partial charge >= 0.3 is 0 Å². The number of rotatable bonds is 4. The first-order valence-corrected chi connectivity index (χ1v) is 7.68. The normalized spacial score (nSPS) is 13.9. The molecule has 98 valence electrons. The van der Waals surface area contributed by atoms with Crippen molar-refractivity contribution in [1.29, 1.82) is 0 Å². The molecule has 1 atom stereocenters. The molecule has 1 unspecified atom stereocenters. The Morgan fingerprint density at radius 3 is 2.78 bits per heavy atom. The van der Waals surface area contributed by atoms with Gasteiger partial charge < -0.3 is 10.7 Å². The van der Waals surface area contributed by atoms with Gasteiger partial charge in [0.05, 0.1) is 17.3 Å².